The number of carbonyl (C=O) groups is 2. The first-order chi connectivity index (χ1) is 8.43. The zero-order valence-electron chi connectivity index (χ0n) is 11.3. The van der Waals surface area contributed by atoms with Crippen LogP contribution in [0.3, 0.4) is 0 Å². The molecule has 5 nitrogen and oxygen atoms in total. The highest BCUT2D eigenvalue weighted by molar-refractivity contribution is 6.01. The Balaban J connectivity index is 2.50. The van der Waals surface area contributed by atoms with Gasteiger partial charge in [-0.05, 0) is 40.3 Å². The van der Waals surface area contributed by atoms with Crippen molar-refractivity contribution in [2.24, 2.45) is 0 Å². The molecule has 5 heteroatoms. The van der Waals surface area contributed by atoms with Crippen LogP contribution in [0.5, 0.6) is 0 Å². The monoisotopic (exact) mass is 254 g/mol. The normalized spacial score (nSPS) is 22.3. The summed E-state index contributed by atoms with van der Waals surface area (Å²) in [6, 6.07) is 0.362. The van der Waals surface area contributed by atoms with Crippen molar-refractivity contribution in [2.45, 2.75) is 39.2 Å². The first kappa shape index (κ1) is 14.7. The maximum absolute atomic E-state index is 11.8. The lowest BCUT2D eigenvalue weighted by Gasteiger charge is -2.32. The number of rotatable bonds is 4. The fraction of sp³-hybridized carbons (Fsp3) is 0.692. The van der Waals surface area contributed by atoms with Gasteiger partial charge in [-0.25, -0.2) is 4.79 Å². The number of likely N-dealkylation sites (N-methyl/N-ethyl adjacent to an activating group) is 1. The smallest absolute Gasteiger partial charge is 0.331 e. The van der Waals surface area contributed by atoms with Gasteiger partial charge in [0.1, 0.15) is 0 Å². The summed E-state index contributed by atoms with van der Waals surface area (Å²) in [5.74, 6) is -1.33. The molecule has 1 aliphatic heterocycles. The summed E-state index contributed by atoms with van der Waals surface area (Å²) >= 11 is 0. The Morgan fingerprint density at radius 2 is 1.94 bits per heavy atom. The molecule has 0 spiro atoms. The summed E-state index contributed by atoms with van der Waals surface area (Å²) in [6.07, 6.45) is 3.48. The number of carboxylic acid groups (broad SMARTS) is 1. The third-order valence-electron chi connectivity index (χ3n) is 3.64. The second-order valence-electron chi connectivity index (χ2n) is 4.90. The highest BCUT2D eigenvalue weighted by Crippen LogP contribution is 2.14. The molecular weight excluding hydrogens is 232 g/mol. The Labute approximate surface area is 108 Å². The summed E-state index contributed by atoms with van der Waals surface area (Å²) in [4.78, 5) is 24.8. The first-order valence-electron chi connectivity index (χ1n) is 6.32. The van der Waals surface area contributed by atoms with Crippen molar-refractivity contribution >= 4 is 11.9 Å². The molecular formula is C13H22N2O3. The van der Waals surface area contributed by atoms with Crippen LogP contribution in [0.4, 0.5) is 0 Å². The van der Waals surface area contributed by atoms with Crippen molar-refractivity contribution in [3.8, 4) is 0 Å². The van der Waals surface area contributed by atoms with Gasteiger partial charge in [0.15, 0.2) is 0 Å². The Morgan fingerprint density at radius 3 is 2.50 bits per heavy atom. The molecule has 0 aromatic heterocycles. The van der Waals surface area contributed by atoms with Gasteiger partial charge in [0.2, 0.25) is 5.91 Å². The third kappa shape index (κ3) is 3.84. The molecule has 1 fully saturated rings. The van der Waals surface area contributed by atoms with Crippen LogP contribution in [0.1, 0.15) is 33.1 Å². The number of piperidine rings is 1. The maximum Gasteiger partial charge on any atom is 0.331 e. The SMILES string of the molecule is C/C(C(=O)O)=C(\C)C(=O)NCC1CCCCN1C. The molecule has 0 aromatic rings. The van der Waals surface area contributed by atoms with Crippen LogP contribution >= 0.6 is 0 Å². The topological polar surface area (TPSA) is 69.6 Å². The number of nitrogens with one attached hydrogen (secondary N) is 1. The Bertz CT molecular complexity index is 363. The molecule has 1 rings (SSSR count). The van der Waals surface area contributed by atoms with E-state index in [1.54, 1.807) is 6.92 Å². The van der Waals surface area contributed by atoms with Crippen molar-refractivity contribution in [3.63, 3.8) is 0 Å². The number of nitrogens with zero attached hydrogens (tertiary/aromatic N) is 1. The second-order valence-corrected chi connectivity index (χ2v) is 4.90. The highest BCUT2D eigenvalue weighted by atomic mass is 16.4. The van der Waals surface area contributed by atoms with Gasteiger partial charge in [0.25, 0.3) is 0 Å². The largest absolute Gasteiger partial charge is 0.478 e. The van der Waals surface area contributed by atoms with E-state index in [0.717, 1.165) is 13.0 Å². The molecule has 1 aliphatic rings. The van der Waals surface area contributed by atoms with E-state index in [0.29, 0.717) is 12.6 Å². The van der Waals surface area contributed by atoms with Crippen LogP contribution < -0.4 is 5.32 Å². The van der Waals surface area contributed by atoms with E-state index in [4.69, 9.17) is 5.11 Å². The van der Waals surface area contributed by atoms with E-state index >= 15 is 0 Å². The fourth-order valence-corrected chi connectivity index (χ4v) is 2.08. The lowest BCUT2D eigenvalue weighted by molar-refractivity contribution is -0.133. The average Bonchev–Trinajstić information content (AvgIpc) is 2.35. The van der Waals surface area contributed by atoms with E-state index in [2.05, 4.69) is 17.3 Å². The van der Waals surface area contributed by atoms with Crippen molar-refractivity contribution in [3.05, 3.63) is 11.1 Å². The quantitative estimate of drug-likeness (QED) is 0.735. The van der Waals surface area contributed by atoms with Crippen molar-refractivity contribution < 1.29 is 14.7 Å². The highest BCUT2D eigenvalue weighted by Gasteiger charge is 2.20. The minimum Gasteiger partial charge on any atom is -0.478 e. The molecule has 0 saturated carbocycles. The minimum absolute atomic E-state index is 0.101. The van der Waals surface area contributed by atoms with Crippen LogP contribution in [0.2, 0.25) is 0 Å². The summed E-state index contributed by atoms with van der Waals surface area (Å²) in [5, 5.41) is 11.6. The third-order valence-corrected chi connectivity index (χ3v) is 3.64. The van der Waals surface area contributed by atoms with Crippen LogP contribution in [-0.4, -0.2) is 48.1 Å². The van der Waals surface area contributed by atoms with Gasteiger partial charge >= 0.3 is 5.97 Å². The Hall–Kier alpha value is -1.36. The number of amides is 1. The van der Waals surface area contributed by atoms with Crippen LogP contribution in [0.25, 0.3) is 0 Å². The average molecular weight is 254 g/mol. The fourth-order valence-electron chi connectivity index (χ4n) is 2.08. The zero-order valence-corrected chi connectivity index (χ0v) is 11.3. The molecule has 2 N–H and O–H groups in total. The van der Waals surface area contributed by atoms with Crippen molar-refractivity contribution in [1.82, 2.24) is 10.2 Å². The van der Waals surface area contributed by atoms with E-state index < -0.39 is 5.97 Å². The molecule has 18 heavy (non-hydrogen) atoms. The molecule has 1 heterocycles. The van der Waals surface area contributed by atoms with Crippen molar-refractivity contribution in [2.75, 3.05) is 20.1 Å². The van der Waals surface area contributed by atoms with Gasteiger partial charge in [0, 0.05) is 23.7 Å². The number of carboxylic acids is 1. The summed E-state index contributed by atoms with van der Waals surface area (Å²) in [5.41, 5.74) is 0.380. The molecule has 1 saturated heterocycles. The summed E-state index contributed by atoms with van der Waals surface area (Å²) in [6.45, 7) is 4.64. The lowest BCUT2D eigenvalue weighted by Crippen LogP contribution is -2.44. The zero-order chi connectivity index (χ0) is 13.7. The van der Waals surface area contributed by atoms with E-state index in [1.807, 2.05) is 0 Å². The number of aliphatic carboxylic acids is 1. The van der Waals surface area contributed by atoms with E-state index in [1.165, 1.54) is 19.8 Å². The van der Waals surface area contributed by atoms with Gasteiger partial charge in [0.05, 0.1) is 0 Å². The number of carbonyl (C=O) groups excluding carboxylic acids is 1. The molecule has 1 amide bonds. The minimum atomic E-state index is -1.04. The lowest BCUT2D eigenvalue weighted by atomic mass is 10.0. The molecule has 0 aromatic carbocycles. The molecule has 102 valence electrons. The van der Waals surface area contributed by atoms with Gasteiger partial charge < -0.3 is 15.3 Å². The van der Waals surface area contributed by atoms with Crippen LogP contribution in [0.15, 0.2) is 11.1 Å². The van der Waals surface area contributed by atoms with Crippen LogP contribution in [0, 0.1) is 0 Å². The molecule has 1 atom stereocenters. The van der Waals surface area contributed by atoms with Gasteiger partial charge in [-0.15, -0.1) is 0 Å². The van der Waals surface area contributed by atoms with Crippen LogP contribution in [-0.2, 0) is 9.59 Å². The maximum atomic E-state index is 11.8. The molecule has 0 bridgehead atoms. The van der Waals surface area contributed by atoms with Gasteiger partial charge in [-0.3, -0.25) is 4.79 Å². The molecule has 0 radical (unpaired) electrons. The summed E-state index contributed by atoms with van der Waals surface area (Å²) in [7, 11) is 2.06. The Kier molecular flexibility index (Phi) is 5.34. The predicted molar refractivity (Wildman–Crippen MR) is 69.3 cm³/mol. The van der Waals surface area contributed by atoms with E-state index in [9.17, 15) is 9.59 Å². The predicted octanol–water partition coefficient (Wildman–Crippen LogP) is 1.01. The Morgan fingerprint density at radius 1 is 1.28 bits per heavy atom. The van der Waals surface area contributed by atoms with Crippen molar-refractivity contribution in [1.29, 1.82) is 0 Å². The molecule has 0 aliphatic carbocycles. The number of hydrogen-bond acceptors (Lipinski definition) is 3. The van der Waals surface area contributed by atoms with E-state index in [-0.39, 0.29) is 17.1 Å². The standard InChI is InChI=1S/C13H22N2O3/c1-9(10(2)13(17)18)12(16)14-8-11-6-4-5-7-15(11)3/h11H,4-8H2,1-3H3,(H,14,16)(H,17,18)/b10-9-. The second kappa shape index (κ2) is 6.54. The van der Waals surface area contributed by atoms with Gasteiger partial charge in [-0.2, -0.15) is 0 Å². The first-order valence-corrected chi connectivity index (χ1v) is 6.32. The number of hydrogen-bond donors (Lipinski definition) is 2. The summed E-state index contributed by atoms with van der Waals surface area (Å²) < 4.78 is 0. The number of likely N-dealkylation sites (tertiary alicyclic amines) is 1. The molecule has 1 unspecified atom stereocenters. The van der Waals surface area contributed by atoms with Gasteiger partial charge in [-0.1, -0.05) is 6.42 Å².